The Labute approximate surface area is 90.7 Å². The lowest BCUT2D eigenvalue weighted by Crippen LogP contribution is -2.43. The number of halogens is 3. The normalized spacial score (nSPS) is 21.5. The van der Waals surface area contributed by atoms with Crippen LogP contribution in [-0.4, -0.2) is 53.1 Å². The quantitative estimate of drug-likeness (QED) is 0.685. The molecule has 0 amide bonds. The number of hydroxylamine groups is 2. The van der Waals surface area contributed by atoms with Crippen LogP contribution in [0.4, 0.5) is 13.2 Å². The van der Waals surface area contributed by atoms with E-state index in [4.69, 9.17) is 0 Å². The molecule has 1 aliphatic rings. The number of hydrogen-bond acceptors (Lipinski definition) is 5. The Kier molecular flexibility index (Phi) is 3.79. The molecule has 1 rings (SSSR count). The first-order valence-electron chi connectivity index (χ1n) is 4.41. The van der Waals surface area contributed by atoms with Crippen LogP contribution in [0, 0.1) is 0 Å². The molecule has 0 aromatic rings. The molecule has 5 nitrogen and oxygen atoms in total. The number of rotatable bonds is 1. The highest BCUT2D eigenvalue weighted by molar-refractivity contribution is 7.93. The molecule has 0 N–H and O–H groups in total. The second-order valence-corrected chi connectivity index (χ2v) is 5.90. The SMILES string of the molecule is CN=S1(=O)CCN(OC(=O)C(F)(F)F)CC1. The molecule has 0 unspecified atom stereocenters. The molecule has 1 heterocycles. The van der Waals surface area contributed by atoms with Crippen molar-refractivity contribution in [2.24, 2.45) is 4.36 Å². The Balaban J connectivity index is 2.51. The highest BCUT2D eigenvalue weighted by Gasteiger charge is 2.43. The second kappa shape index (κ2) is 4.58. The molecule has 0 spiro atoms. The third-order valence-electron chi connectivity index (χ3n) is 2.10. The Morgan fingerprint density at radius 1 is 1.38 bits per heavy atom. The Bertz CT molecular complexity index is 373. The van der Waals surface area contributed by atoms with Crippen molar-refractivity contribution >= 4 is 15.7 Å². The van der Waals surface area contributed by atoms with Crippen molar-refractivity contribution in [3.63, 3.8) is 0 Å². The molecule has 0 saturated carbocycles. The predicted molar refractivity (Wildman–Crippen MR) is 49.9 cm³/mol. The lowest BCUT2D eigenvalue weighted by Gasteiger charge is -2.26. The van der Waals surface area contributed by atoms with Gasteiger partial charge >= 0.3 is 12.1 Å². The van der Waals surface area contributed by atoms with Gasteiger partial charge in [-0.3, -0.25) is 0 Å². The zero-order valence-corrected chi connectivity index (χ0v) is 9.31. The summed E-state index contributed by atoms with van der Waals surface area (Å²) in [7, 11) is -0.919. The topological polar surface area (TPSA) is 59.0 Å². The van der Waals surface area contributed by atoms with Crippen LogP contribution in [0.15, 0.2) is 4.36 Å². The van der Waals surface area contributed by atoms with Crippen LogP contribution in [0.1, 0.15) is 0 Å². The molecule has 0 atom stereocenters. The number of nitrogens with zero attached hydrogens (tertiary/aromatic N) is 2. The van der Waals surface area contributed by atoms with Gasteiger partial charge in [-0.1, -0.05) is 0 Å². The molecule has 0 aliphatic carbocycles. The van der Waals surface area contributed by atoms with E-state index in [-0.39, 0.29) is 24.6 Å². The molecule has 0 aromatic carbocycles. The van der Waals surface area contributed by atoms with Gasteiger partial charge in [-0.25, -0.2) is 13.4 Å². The van der Waals surface area contributed by atoms with E-state index in [9.17, 15) is 22.2 Å². The summed E-state index contributed by atoms with van der Waals surface area (Å²) in [6, 6.07) is 0. The predicted octanol–water partition coefficient (Wildman–Crippen LogP) is 0.420. The van der Waals surface area contributed by atoms with E-state index in [1.165, 1.54) is 7.05 Å². The summed E-state index contributed by atoms with van der Waals surface area (Å²) in [6.45, 7) is -0.00398. The molecule has 9 heteroatoms. The van der Waals surface area contributed by atoms with Crippen LogP contribution in [0.25, 0.3) is 0 Å². The zero-order chi connectivity index (χ0) is 12.4. The van der Waals surface area contributed by atoms with E-state index < -0.39 is 21.9 Å². The van der Waals surface area contributed by atoms with Gasteiger partial charge in [-0.05, 0) is 0 Å². The average molecular weight is 260 g/mol. The van der Waals surface area contributed by atoms with Gasteiger partial charge in [-0.2, -0.15) is 13.2 Å². The van der Waals surface area contributed by atoms with E-state index in [0.29, 0.717) is 0 Å². The molecular weight excluding hydrogens is 249 g/mol. The first-order valence-corrected chi connectivity index (χ1v) is 6.27. The van der Waals surface area contributed by atoms with Gasteiger partial charge in [0.05, 0.1) is 0 Å². The minimum absolute atomic E-state index is 0.00199. The number of carbonyl (C=O) groups is 1. The molecule has 0 radical (unpaired) electrons. The fourth-order valence-electron chi connectivity index (χ4n) is 1.15. The summed E-state index contributed by atoms with van der Waals surface area (Å²) < 4.78 is 50.9. The lowest BCUT2D eigenvalue weighted by atomic mass is 10.6. The van der Waals surface area contributed by atoms with Crippen LogP contribution >= 0.6 is 0 Å². The van der Waals surface area contributed by atoms with Gasteiger partial charge in [0, 0.05) is 41.4 Å². The van der Waals surface area contributed by atoms with Gasteiger partial charge < -0.3 is 4.84 Å². The zero-order valence-electron chi connectivity index (χ0n) is 8.49. The molecule has 16 heavy (non-hydrogen) atoms. The third-order valence-corrected chi connectivity index (χ3v) is 4.40. The monoisotopic (exact) mass is 260 g/mol. The Hall–Kier alpha value is -0.830. The smallest absolute Gasteiger partial charge is 0.361 e. The Morgan fingerprint density at radius 3 is 2.25 bits per heavy atom. The molecule has 1 aliphatic heterocycles. The number of hydrogen-bond donors (Lipinski definition) is 0. The minimum Gasteiger partial charge on any atom is -0.361 e. The largest absolute Gasteiger partial charge is 0.492 e. The van der Waals surface area contributed by atoms with E-state index in [1.54, 1.807) is 0 Å². The van der Waals surface area contributed by atoms with Crippen molar-refractivity contribution in [2.45, 2.75) is 6.18 Å². The van der Waals surface area contributed by atoms with Crippen molar-refractivity contribution in [1.29, 1.82) is 0 Å². The van der Waals surface area contributed by atoms with Crippen LogP contribution in [0.2, 0.25) is 0 Å². The number of carbonyl (C=O) groups excluding carboxylic acids is 1. The second-order valence-electron chi connectivity index (χ2n) is 3.17. The number of alkyl halides is 3. The summed E-state index contributed by atoms with van der Waals surface area (Å²) in [5.74, 6) is -2.04. The lowest BCUT2D eigenvalue weighted by molar-refractivity contribution is -0.237. The maximum atomic E-state index is 11.8. The summed E-state index contributed by atoms with van der Waals surface area (Å²) in [5.41, 5.74) is 0. The first kappa shape index (κ1) is 13.2. The third kappa shape index (κ3) is 3.34. The van der Waals surface area contributed by atoms with Crippen molar-refractivity contribution in [3.8, 4) is 0 Å². The van der Waals surface area contributed by atoms with Crippen molar-refractivity contribution in [3.05, 3.63) is 0 Å². The first-order chi connectivity index (χ1) is 7.27. The van der Waals surface area contributed by atoms with Crippen LogP contribution in [0.3, 0.4) is 0 Å². The van der Waals surface area contributed by atoms with Gasteiger partial charge in [-0.15, -0.1) is 5.06 Å². The fourth-order valence-corrected chi connectivity index (χ4v) is 2.69. The summed E-state index contributed by atoms with van der Waals surface area (Å²) in [6.07, 6.45) is -5.01. The van der Waals surface area contributed by atoms with Gasteiger partial charge in [0.1, 0.15) is 0 Å². The van der Waals surface area contributed by atoms with Crippen molar-refractivity contribution in [2.75, 3.05) is 31.6 Å². The fraction of sp³-hybridized carbons (Fsp3) is 0.857. The summed E-state index contributed by atoms with van der Waals surface area (Å²) >= 11 is 0. The maximum absolute atomic E-state index is 11.8. The summed E-state index contributed by atoms with van der Waals surface area (Å²) in [5, 5.41) is 0.865. The summed E-state index contributed by atoms with van der Waals surface area (Å²) in [4.78, 5) is 14.6. The van der Waals surface area contributed by atoms with Gasteiger partial charge in [0.25, 0.3) is 0 Å². The van der Waals surface area contributed by atoms with E-state index in [0.717, 1.165) is 5.06 Å². The average Bonchev–Trinajstić information content (AvgIpc) is 2.20. The highest BCUT2D eigenvalue weighted by Crippen LogP contribution is 2.18. The van der Waals surface area contributed by atoms with Crippen LogP contribution in [0.5, 0.6) is 0 Å². The Morgan fingerprint density at radius 2 is 1.88 bits per heavy atom. The maximum Gasteiger partial charge on any atom is 0.492 e. The van der Waals surface area contributed by atoms with E-state index in [1.807, 2.05) is 0 Å². The molecule has 0 aromatic heterocycles. The molecule has 1 fully saturated rings. The minimum atomic E-state index is -5.01. The standard InChI is InChI=1S/C7H11F3N2O3S/c1-11-16(14)4-2-12(3-5-16)15-6(13)7(8,9)10/h2-5H2,1H3. The van der Waals surface area contributed by atoms with Crippen LogP contribution < -0.4 is 0 Å². The van der Waals surface area contributed by atoms with Crippen molar-refractivity contribution < 1.29 is 27.0 Å². The highest BCUT2D eigenvalue weighted by atomic mass is 32.2. The van der Waals surface area contributed by atoms with E-state index in [2.05, 4.69) is 9.20 Å². The van der Waals surface area contributed by atoms with Crippen molar-refractivity contribution in [1.82, 2.24) is 5.06 Å². The van der Waals surface area contributed by atoms with Gasteiger partial charge in [0.2, 0.25) is 0 Å². The molecular formula is C7H11F3N2O3S. The molecule has 94 valence electrons. The molecule has 1 saturated heterocycles. The van der Waals surface area contributed by atoms with E-state index >= 15 is 0 Å². The molecule has 0 bridgehead atoms. The van der Waals surface area contributed by atoms with Crippen LogP contribution in [-0.2, 0) is 19.4 Å². The van der Waals surface area contributed by atoms with Gasteiger partial charge in [0.15, 0.2) is 0 Å².